The highest BCUT2D eigenvalue weighted by Crippen LogP contribution is 2.34. The molecule has 0 aliphatic heterocycles. The van der Waals surface area contributed by atoms with Gasteiger partial charge in [-0.25, -0.2) is 4.39 Å². The molecular weight excluding hydrogens is 313 g/mol. The minimum atomic E-state index is -0.236. The van der Waals surface area contributed by atoms with Gasteiger partial charge in [-0.2, -0.15) is 0 Å². The third-order valence-corrected chi connectivity index (χ3v) is 4.46. The molecule has 1 aliphatic carbocycles. The molecule has 0 saturated carbocycles. The SMILES string of the molecule is CN(C)C1CCc2ccccc2C(Oc2ccc(F)cc2)C1.Cl. The van der Waals surface area contributed by atoms with Crippen LogP contribution in [-0.2, 0) is 6.42 Å². The number of benzene rings is 2. The molecule has 0 heterocycles. The smallest absolute Gasteiger partial charge is 0.125 e. The van der Waals surface area contributed by atoms with Crippen molar-refractivity contribution in [3.05, 3.63) is 65.5 Å². The highest BCUT2D eigenvalue weighted by Gasteiger charge is 2.26. The van der Waals surface area contributed by atoms with Crippen molar-refractivity contribution >= 4 is 12.4 Å². The molecule has 3 rings (SSSR count). The van der Waals surface area contributed by atoms with Crippen LogP contribution in [0.25, 0.3) is 0 Å². The topological polar surface area (TPSA) is 12.5 Å². The summed E-state index contributed by atoms with van der Waals surface area (Å²) in [6.45, 7) is 0. The van der Waals surface area contributed by atoms with Crippen LogP contribution in [0.15, 0.2) is 48.5 Å². The van der Waals surface area contributed by atoms with Crippen LogP contribution in [0.1, 0.15) is 30.1 Å². The molecule has 124 valence electrons. The highest BCUT2D eigenvalue weighted by molar-refractivity contribution is 5.85. The molecule has 23 heavy (non-hydrogen) atoms. The van der Waals surface area contributed by atoms with Crippen molar-refractivity contribution in [2.45, 2.75) is 31.4 Å². The first-order valence-corrected chi connectivity index (χ1v) is 7.80. The van der Waals surface area contributed by atoms with Crippen LogP contribution in [0.2, 0.25) is 0 Å². The zero-order chi connectivity index (χ0) is 15.5. The largest absolute Gasteiger partial charge is 0.486 e. The summed E-state index contributed by atoms with van der Waals surface area (Å²) < 4.78 is 19.3. The second kappa shape index (κ2) is 7.80. The zero-order valence-electron chi connectivity index (χ0n) is 13.5. The van der Waals surface area contributed by atoms with Crippen molar-refractivity contribution in [2.24, 2.45) is 0 Å². The van der Waals surface area contributed by atoms with Crippen molar-refractivity contribution in [2.75, 3.05) is 14.1 Å². The number of ether oxygens (including phenoxy) is 1. The molecule has 0 spiro atoms. The van der Waals surface area contributed by atoms with Crippen LogP contribution in [0.4, 0.5) is 4.39 Å². The molecule has 4 heteroatoms. The van der Waals surface area contributed by atoms with E-state index in [1.807, 2.05) is 0 Å². The van der Waals surface area contributed by atoms with E-state index in [9.17, 15) is 4.39 Å². The van der Waals surface area contributed by atoms with Gasteiger partial charge in [0.2, 0.25) is 0 Å². The first kappa shape index (κ1) is 17.8. The number of halogens is 2. The molecule has 2 unspecified atom stereocenters. The number of aryl methyl sites for hydroxylation is 1. The van der Waals surface area contributed by atoms with Crippen molar-refractivity contribution in [3.8, 4) is 5.75 Å². The van der Waals surface area contributed by atoms with E-state index in [0.717, 1.165) is 25.0 Å². The fraction of sp³-hybridized carbons (Fsp3) is 0.368. The summed E-state index contributed by atoms with van der Waals surface area (Å²) in [5.41, 5.74) is 2.62. The number of rotatable bonds is 3. The summed E-state index contributed by atoms with van der Waals surface area (Å²) in [6, 6.07) is 15.3. The van der Waals surface area contributed by atoms with Crippen molar-refractivity contribution < 1.29 is 9.13 Å². The van der Waals surface area contributed by atoms with E-state index in [-0.39, 0.29) is 24.3 Å². The van der Waals surface area contributed by atoms with E-state index in [0.29, 0.717) is 6.04 Å². The first-order chi connectivity index (χ1) is 10.6. The molecule has 2 atom stereocenters. The molecule has 0 N–H and O–H groups in total. The van der Waals surface area contributed by atoms with Crippen LogP contribution in [0, 0.1) is 5.82 Å². The van der Waals surface area contributed by atoms with Gasteiger partial charge in [0.25, 0.3) is 0 Å². The lowest BCUT2D eigenvalue weighted by atomic mass is 10.0. The molecule has 2 nitrogen and oxygen atoms in total. The van der Waals surface area contributed by atoms with Crippen LogP contribution in [0.3, 0.4) is 0 Å². The minimum absolute atomic E-state index is 0. The summed E-state index contributed by atoms with van der Waals surface area (Å²) in [5.74, 6) is 0.486. The lowest BCUT2D eigenvalue weighted by molar-refractivity contribution is 0.146. The predicted molar refractivity (Wildman–Crippen MR) is 93.9 cm³/mol. The fourth-order valence-corrected chi connectivity index (χ4v) is 3.15. The third-order valence-electron chi connectivity index (χ3n) is 4.46. The van der Waals surface area contributed by atoms with E-state index in [2.05, 4.69) is 43.3 Å². The summed E-state index contributed by atoms with van der Waals surface area (Å²) in [4.78, 5) is 2.27. The van der Waals surface area contributed by atoms with Gasteiger partial charge in [0.15, 0.2) is 0 Å². The molecule has 0 fully saturated rings. The first-order valence-electron chi connectivity index (χ1n) is 7.80. The number of nitrogens with zero attached hydrogens (tertiary/aromatic N) is 1. The third kappa shape index (κ3) is 4.24. The van der Waals surface area contributed by atoms with Gasteiger partial charge in [-0.05, 0) is 62.3 Å². The lowest BCUT2D eigenvalue weighted by Crippen LogP contribution is -2.30. The van der Waals surface area contributed by atoms with Crippen molar-refractivity contribution in [1.29, 1.82) is 0 Å². The standard InChI is InChI=1S/C19H22FNO.ClH/c1-21(2)16-10-7-14-5-3-4-6-18(14)19(13-16)22-17-11-8-15(20)9-12-17;/h3-6,8-9,11-12,16,19H,7,10,13H2,1-2H3;1H. The maximum absolute atomic E-state index is 13.1. The fourth-order valence-electron chi connectivity index (χ4n) is 3.15. The van der Waals surface area contributed by atoms with Gasteiger partial charge in [-0.1, -0.05) is 24.3 Å². The highest BCUT2D eigenvalue weighted by atomic mass is 35.5. The Kier molecular flexibility index (Phi) is 6.03. The van der Waals surface area contributed by atoms with Crippen molar-refractivity contribution in [3.63, 3.8) is 0 Å². The van der Waals surface area contributed by atoms with E-state index < -0.39 is 0 Å². The Hall–Kier alpha value is -1.58. The molecule has 2 aromatic rings. The average Bonchev–Trinajstić information content (AvgIpc) is 2.70. The molecule has 1 aliphatic rings. The molecule has 0 saturated heterocycles. The summed E-state index contributed by atoms with van der Waals surface area (Å²) in [6.07, 6.45) is 3.16. The van der Waals surface area contributed by atoms with Crippen LogP contribution in [-0.4, -0.2) is 25.0 Å². The average molecular weight is 336 g/mol. The lowest BCUT2D eigenvalue weighted by Gasteiger charge is -2.27. The summed E-state index contributed by atoms with van der Waals surface area (Å²) in [5, 5.41) is 0. The second-order valence-corrected chi connectivity index (χ2v) is 6.15. The van der Waals surface area contributed by atoms with Gasteiger partial charge in [0.1, 0.15) is 17.7 Å². The molecular formula is C19H23ClFNO. The molecule has 0 bridgehead atoms. The molecule has 0 amide bonds. The van der Waals surface area contributed by atoms with Gasteiger partial charge >= 0.3 is 0 Å². The Balaban J connectivity index is 0.00000192. The monoisotopic (exact) mass is 335 g/mol. The molecule has 0 radical (unpaired) electrons. The van der Waals surface area contributed by atoms with Crippen molar-refractivity contribution in [1.82, 2.24) is 4.90 Å². The van der Waals surface area contributed by atoms with Crippen LogP contribution in [0.5, 0.6) is 5.75 Å². The zero-order valence-corrected chi connectivity index (χ0v) is 14.4. The quantitative estimate of drug-likeness (QED) is 0.758. The molecule has 2 aromatic carbocycles. The van der Waals surface area contributed by atoms with E-state index >= 15 is 0 Å². The normalized spacial score (nSPS) is 20.3. The Morgan fingerprint density at radius 1 is 1.04 bits per heavy atom. The van der Waals surface area contributed by atoms with Gasteiger partial charge < -0.3 is 9.64 Å². The molecule has 0 aromatic heterocycles. The van der Waals surface area contributed by atoms with Crippen LogP contribution < -0.4 is 4.74 Å². The maximum Gasteiger partial charge on any atom is 0.125 e. The Labute approximate surface area is 143 Å². The Morgan fingerprint density at radius 3 is 2.43 bits per heavy atom. The van der Waals surface area contributed by atoms with Crippen LogP contribution >= 0.6 is 12.4 Å². The van der Waals surface area contributed by atoms with Gasteiger partial charge in [-0.15, -0.1) is 12.4 Å². The number of fused-ring (bicyclic) bond motifs is 1. The Morgan fingerprint density at radius 2 is 1.74 bits per heavy atom. The van der Waals surface area contributed by atoms with Gasteiger partial charge in [0, 0.05) is 12.5 Å². The number of hydrogen-bond acceptors (Lipinski definition) is 2. The van der Waals surface area contributed by atoms with E-state index in [1.54, 1.807) is 12.1 Å². The van der Waals surface area contributed by atoms with E-state index in [4.69, 9.17) is 4.74 Å². The van der Waals surface area contributed by atoms with Gasteiger partial charge in [-0.3, -0.25) is 0 Å². The predicted octanol–water partition coefficient (Wildman–Crippen LogP) is 4.63. The maximum atomic E-state index is 13.1. The Bertz CT molecular complexity index is 630. The minimum Gasteiger partial charge on any atom is -0.486 e. The number of hydrogen-bond donors (Lipinski definition) is 0. The summed E-state index contributed by atoms with van der Waals surface area (Å²) in [7, 11) is 4.24. The van der Waals surface area contributed by atoms with E-state index in [1.165, 1.54) is 23.3 Å². The summed E-state index contributed by atoms with van der Waals surface area (Å²) >= 11 is 0. The van der Waals surface area contributed by atoms with Gasteiger partial charge in [0.05, 0.1) is 0 Å². The second-order valence-electron chi connectivity index (χ2n) is 6.15.